The van der Waals surface area contributed by atoms with Gasteiger partial charge in [0.1, 0.15) is 5.75 Å². The molecule has 1 spiro atoms. The third-order valence-corrected chi connectivity index (χ3v) is 5.42. The van der Waals surface area contributed by atoms with Crippen LogP contribution in [0.25, 0.3) is 0 Å². The van der Waals surface area contributed by atoms with E-state index in [1.807, 2.05) is 24.3 Å². The first-order valence-electron chi connectivity index (χ1n) is 8.91. The summed E-state index contributed by atoms with van der Waals surface area (Å²) in [6.07, 6.45) is 0.370. The lowest BCUT2D eigenvalue weighted by atomic mass is 9.84. The molecule has 1 atom stereocenters. The van der Waals surface area contributed by atoms with E-state index in [1.165, 1.54) is 0 Å². The number of imide groups is 1. The molecule has 2 aromatic carbocycles. The van der Waals surface area contributed by atoms with Crippen LogP contribution in [-0.2, 0) is 15.1 Å². The molecular weight excluding hydrogens is 426 g/mol. The minimum absolute atomic E-state index is 0.00920. The number of hydrogen-bond donors (Lipinski definition) is 2. The first-order chi connectivity index (χ1) is 13.5. The predicted molar refractivity (Wildman–Crippen MR) is 106 cm³/mol. The molecular formula is C20H18BrN3O4. The Morgan fingerprint density at radius 3 is 2.86 bits per heavy atom. The average molecular weight is 444 g/mol. The molecule has 0 saturated carbocycles. The minimum atomic E-state index is -1.12. The van der Waals surface area contributed by atoms with E-state index in [9.17, 15) is 14.4 Å². The first-order valence-corrected chi connectivity index (χ1v) is 9.71. The molecule has 4 rings (SSSR count). The van der Waals surface area contributed by atoms with Crippen LogP contribution in [0, 0.1) is 0 Å². The van der Waals surface area contributed by atoms with Crippen molar-refractivity contribution < 1.29 is 19.1 Å². The van der Waals surface area contributed by atoms with Crippen molar-refractivity contribution in [3.05, 3.63) is 58.6 Å². The largest absolute Gasteiger partial charge is 0.493 e. The third-order valence-electron chi connectivity index (χ3n) is 4.93. The molecule has 1 fully saturated rings. The molecule has 28 heavy (non-hydrogen) atoms. The van der Waals surface area contributed by atoms with Gasteiger partial charge in [-0.25, -0.2) is 4.79 Å². The first kappa shape index (κ1) is 18.5. The van der Waals surface area contributed by atoms with Gasteiger partial charge in [0.2, 0.25) is 5.91 Å². The van der Waals surface area contributed by atoms with Gasteiger partial charge in [-0.05, 0) is 24.3 Å². The number of amides is 4. The summed E-state index contributed by atoms with van der Waals surface area (Å²) in [6, 6.07) is 13.9. The molecule has 0 aromatic heterocycles. The van der Waals surface area contributed by atoms with E-state index in [-0.39, 0.29) is 24.8 Å². The number of benzene rings is 2. The van der Waals surface area contributed by atoms with Crippen molar-refractivity contribution in [3.8, 4) is 5.75 Å². The second-order valence-corrected chi connectivity index (χ2v) is 7.61. The van der Waals surface area contributed by atoms with Gasteiger partial charge in [-0.15, -0.1) is 0 Å². The molecule has 144 valence electrons. The highest BCUT2D eigenvalue weighted by Gasteiger charge is 2.54. The zero-order valence-electron chi connectivity index (χ0n) is 14.9. The summed E-state index contributed by atoms with van der Waals surface area (Å²) in [6.45, 7) is 0.343. The van der Waals surface area contributed by atoms with E-state index in [1.54, 1.807) is 24.3 Å². The minimum Gasteiger partial charge on any atom is -0.493 e. The quantitative estimate of drug-likeness (QED) is 0.710. The highest BCUT2D eigenvalue weighted by Crippen LogP contribution is 2.40. The number of rotatable bonds is 4. The lowest BCUT2D eigenvalue weighted by Crippen LogP contribution is -2.47. The van der Waals surface area contributed by atoms with Gasteiger partial charge in [-0.1, -0.05) is 40.2 Å². The van der Waals surface area contributed by atoms with Crippen LogP contribution >= 0.6 is 15.9 Å². The Morgan fingerprint density at radius 1 is 1.21 bits per heavy atom. The molecule has 1 saturated heterocycles. The van der Waals surface area contributed by atoms with Crippen LogP contribution < -0.4 is 15.4 Å². The lowest BCUT2D eigenvalue weighted by Gasteiger charge is -2.33. The third kappa shape index (κ3) is 3.24. The van der Waals surface area contributed by atoms with E-state index >= 15 is 0 Å². The molecule has 1 unspecified atom stereocenters. The second-order valence-electron chi connectivity index (χ2n) is 6.70. The number of hydrogen-bond acceptors (Lipinski definition) is 4. The molecule has 7 nitrogen and oxygen atoms in total. The van der Waals surface area contributed by atoms with Crippen molar-refractivity contribution in [1.82, 2.24) is 10.2 Å². The number of urea groups is 1. The van der Waals surface area contributed by atoms with Gasteiger partial charge in [0.25, 0.3) is 5.91 Å². The molecule has 2 N–H and O–H groups in total. The number of para-hydroxylation sites is 1. The Bertz CT molecular complexity index is 964. The number of carbonyl (C=O) groups excluding carboxylic acids is 3. The molecule has 2 aliphatic heterocycles. The van der Waals surface area contributed by atoms with Crippen LogP contribution in [0.2, 0.25) is 0 Å². The van der Waals surface area contributed by atoms with Gasteiger partial charge in [0, 0.05) is 35.1 Å². The van der Waals surface area contributed by atoms with Crippen LogP contribution in [0.15, 0.2) is 53.0 Å². The van der Waals surface area contributed by atoms with Gasteiger partial charge in [-0.3, -0.25) is 14.5 Å². The van der Waals surface area contributed by atoms with Gasteiger partial charge in [-0.2, -0.15) is 0 Å². The average Bonchev–Trinajstić information content (AvgIpc) is 2.91. The summed E-state index contributed by atoms with van der Waals surface area (Å²) < 4.78 is 6.46. The summed E-state index contributed by atoms with van der Waals surface area (Å²) >= 11 is 3.35. The van der Waals surface area contributed by atoms with Gasteiger partial charge in [0.05, 0.1) is 6.61 Å². The van der Waals surface area contributed by atoms with Crippen LogP contribution in [0.5, 0.6) is 5.75 Å². The van der Waals surface area contributed by atoms with E-state index in [0.717, 1.165) is 9.37 Å². The summed E-state index contributed by atoms with van der Waals surface area (Å²) in [7, 11) is 0. The Hall–Kier alpha value is -2.87. The maximum absolute atomic E-state index is 13.1. The lowest BCUT2D eigenvalue weighted by molar-refractivity contribution is -0.132. The van der Waals surface area contributed by atoms with Crippen LogP contribution in [0.3, 0.4) is 0 Å². The zero-order valence-corrected chi connectivity index (χ0v) is 16.5. The summed E-state index contributed by atoms with van der Waals surface area (Å²) in [5, 5.41) is 5.59. The SMILES string of the molecule is O=C(CCN1C(=O)NC2(CCOc3ccccc32)C1=O)Nc1cccc(Br)c1. The van der Waals surface area contributed by atoms with E-state index in [0.29, 0.717) is 30.0 Å². The molecule has 2 aliphatic rings. The highest BCUT2D eigenvalue weighted by atomic mass is 79.9. The van der Waals surface area contributed by atoms with Crippen molar-refractivity contribution in [2.24, 2.45) is 0 Å². The Kier molecular flexibility index (Phi) is 4.80. The Labute approximate surface area is 170 Å². The maximum atomic E-state index is 13.1. The monoisotopic (exact) mass is 443 g/mol. The van der Waals surface area contributed by atoms with Crippen molar-refractivity contribution in [1.29, 1.82) is 0 Å². The highest BCUT2D eigenvalue weighted by molar-refractivity contribution is 9.10. The van der Waals surface area contributed by atoms with Crippen molar-refractivity contribution in [2.75, 3.05) is 18.5 Å². The number of fused-ring (bicyclic) bond motifs is 2. The topological polar surface area (TPSA) is 87.7 Å². The van der Waals surface area contributed by atoms with E-state index in [2.05, 4.69) is 26.6 Å². The fourth-order valence-corrected chi connectivity index (χ4v) is 3.98. The van der Waals surface area contributed by atoms with Crippen molar-refractivity contribution in [2.45, 2.75) is 18.4 Å². The van der Waals surface area contributed by atoms with Crippen LogP contribution in [0.1, 0.15) is 18.4 Å². The second kappa shape index (κ2) is 7.27. The Balaban J connectivity index is 1.46. The zero-order chi connectivity index (χ0) is 19.7. The maximum Gasteiger partial charge on any atom is 0.325 e. The summed E-state index contributed by atoms with van der Waals surface area (Å²) in [5.74, 6) is -0.0211. The van der Waals surface area contributed by atoms with Crippen LogP contribution in [-0.4, -0.2) is 35.9 Å². The normalized spacial score (nSPS) is 20.5. The summed E-state index contributed by atoms with van der Waals surface area (Å²) in [5.41, 5.74) is 0.180. The van der Waals surface area contributed by atoms with Crippen molar-refractivity contribution in [3.63, 3.8) is 0 Å². The molecule has 0 radical (unpaired) electrons. The van der Waals surface area contributed by atoms with E-state index < -0.39 is 11.6 Å². The number of ether oxygens (including phenoxy) is 1. The number of anilines is 1. The van der Waals surface area contributed by atoms with Gasteiger partial charge >= 0.3 is 6.03 Å². The molecule has 2 aromatic rings. The number of nitrogens with one attached hydrogen (secondary N) is 2. The molecule has 4 amide bonds. The van der Waals surface area contributed by atoms with Gasteiger partial charge < -0.3 is 15.4 Å². The standard InChI is InChI=1S/C20H18BrN3O4/c21-13-4-3-5-14(12-13)22-17(25)8-10-24-18(26)20(23-19(24)27)9-11-28-16-7-2-1-6-15(16)20/h1-7,12H,8-11H2,(H,22,25)(H,23,27). The molecule has 0 aliphatic carbocycles. The fourth-order valence-electron chi connectivity index (χ4n) is 3.58. The van der Waals surface area contributed by atoms with Gasteiger partial charge in [0.15, 0.2) is 5.54 Å². The van der Waals surface area contributed by atoms with Crippen molar-refractivity contribution >= 4 is 39.5 Å². The summed E-state index contributed by atoms with van der Waals surface area (Å²) in [4.78, 5) is 39.0. The molecule has 8 heteroatoms. The number of nitrogens with zero attached hydrogens (tertiary/aromatic N) is 1. The number of carbonyl (C=O) groups is 3. The van der Waals surface area contributed by atoms with Crippen LogP contribution in [0.4, 0.5) is 10.5 Å². The predicted octanol–water partition coefficient (Wildman–Crippen LogP) is 3.01. The number of halogens is 1. The molecule has 2 heterocycles. The van der Waals surface area contributed by atoms with E-state index in [4.69, 9.17) is 4.74 Å². The smallest absolute Gasteiger partial charge is 0.325 e. The Morgan fingerprint density at radius 2 is 2.04 bits per heavy atom. The molecule has 0 bridgehead atoms. The fraction of sp³-hybridized carbons (Fsp3) is 0.250.